The Morgan fingerprint density at radius 2 is 2.00 bits per heavy atom. The smallest absolute Gasteiger partial charge is 0.126 e. The van der Waals surface area contributed by atoms with Gasteiger partial charge in [-0.15, -0.1) is 0 Å². The lowest BCUT2D eigenvalue weighted by atomic mass is 10.0. The summed E-state index contributed by atoms with van der Waals surface area (Å²) in [6.45, 7) is 7.56. The van der Waals surface area contributed by atoms with Gasteiger partial charge in [-0.05, 0) is 51.6 Å². The molecule has 0 amide bonds. The van der Waals surface area contributed by atoms with E-state index >= 15 is 0 Å². The highest BCUT2D eigenvalue weighted by Gasteiger charge is 2.32. The lowest BCUT2D eigenvalue weighted by Gasteiger charge is -2.25. The molecule has 1 aliphatic rings. The third kappa shape index (κ3) is 2.81. The maximum absolute atomic E-state index is 13.8. The van der Waals surface area contributed by atoms with Gasteiger partial charge >= 0.3 is 0 Å². The Balaban J connectivity index is 2.36. The summed E-state index contributed by atoms with van der Waals surface area (Å²) in [5.74, 6) is 0.304. The van der Waals surface area contributed by atoms with Crippen LogP contribution in [0, 0.1) is 18.7 Å². The number of benzene rings is 1. The van der Waals surface area contributed by atoms with Crippen LogP contribution in [-0.4, -0.2) is 43.2 Å². The van der Waals surface area contributed by atoms with E-state index in [1.807, 2.05) is 6.07 Å². The van der Waals surface area contributed by atoms with Gasteiger partial charge in [0.05, 0.1) is 6.10 Å². The molecule has 4 heteroatoms. The molecule has 2 rings (SSSR count). The zero-order valence-electron chi connectivity index (χ0n) is 13.0. The topological polar surface area (TPSA) is 26.7 Å². The van der Waals surface area contributed by atoms with E-state index in [0.717, 1.165) is 18.8 Å². The number of likely N-dealkylation sites (N-methyl/N-ethyl adjacent to an activating group) is 1. The molecule has 1 aliphatic heterocycles. The third-order valence-electron chi connectivity index (χ3n) is 4.33. The zero-order chi connectivity index (χ0) is 15.0. The van der Waals surface area contributed by atoms with Crippen molar-refractivity contribution < 1.29 is 9.50 Å². The molecule has 0 spiro atoms. The van der Waals surface area contributed by atoms with E-state index in [0.29, 0.717) is 23.1 Å². The van der Waals surface area contributed by atoms with Gasteiger partial charge in [-0.1, -0.05) is 6.92 Å². The van der Waals surface area contributed by atoms with E-state index in [-0.39, 0.29) is 5.82 Å². The predicted molar refractivity (Wildman–Crippen MR) is 80.6 cm³/mol. The van der Waals surface area contributed by atoms with Crippen molar-refractivity contribution in [3.8, 4) is 0 Å². The first-order chi connectivity index (χ1) is 9.31. The summed E-state index contributed by atoms with van der Waals surface area (Å²) in [5, 5.41) is 9.92. The number of anilines is 1. The number of aliphatic hydroxyl groups is 1. The van der Waals surface area contributed by atoms with Gasteiger partial charge in [-0.2, -0.15) is 0 Å². The summed E-state index contributed by atoms with van der Waals surface area (Å²) in [6, 6.07) is 3.83. The Labute approximate surface area is 121 Å². The fourth-order valence-electron chi connectivity index (χ4n) is 3.11. The van der Waals surface area contributed by atoms with Crippen molar-refractivity contribution in [3.05, 3.63) is 29.1 Å². The second kappa shape index (κ2) is 5.70. The highest BCUT2D eigenvalue weighted by molar-refractivity contribution is 5.57. The van der Waals surface area contributed by atoms with Crippen LogP contribution in [0.2, 0.25) is 0 Å². The van der Waals surface area contributed by atoms with Gasteiger partial charge in [0.25, 0.3) is 0 Å². The first-order valence-corrected chi connectivity index (χ1v) is 7.20. The van der Waals surface area contributed by atoms with E-state index < -0.39 is 6.10 Å². The molecule has 112 valence electrons. The van der Waals surface area contributed by atoms with Crippen LogP contribution in [-0.2, 0) is 0 Å². The summed E-state index contributed by atoms with van der Waals surface area (Å²) in [7, 11) is 4.19. The number of aryl methyl sites for hydroxylation is 1. The summed E-state index contributed by atoms with van der Waals surface area (Å²) in [6.07, 6.45) is -0.659. The monoisotopic (exact) mass is 280 g/mol. The number of aliphatic hydroxyl groups excluding tert-OH is 1. The van der Waals surface area contributed by atoms with Crippen LogP contribution < -0.4 is 4.90 Å². The Kier molecular flexibility index (Phi) is 4.35. The molecule has 1 N–H and O–H groups in total. The van der Waals surface area contributed by atoms with Gasteiger partial charge in [0.2, 0.25) is 0 Å². The van der Waals surface area contributed by atoms with Crippen molar-refractivity contribution in [3.63, 3.8) is 0 Å². The van der Waals surface area contributed by atoms with E-state index in [2.05, 4.69) is 30.8 Å². The van der Waals surface area contributed by atoms with Gasteiger partial charge in [0.15, 0.2) is 0 Å². The first-order valence-electron chi connectivity index (χ1n) is 7.20. The third-order valence-corrected chi connectivity index (χ3v) is 4.33. The molecular weight excluding hydrogens is 255 g/mol. The fourth-order valence-corrected chi connectivity index (χ4v) is 3.11. The van der Waals surface area contributed by atoms with Gasteiger partial charge in [0.1, 0.15) is 5.82 Å². The molecule has 0 aliphatic carbocycles. The minimum atomic E-state index is -0.659. The second-order valence-corrected chi connectivity index (χ2v) is 6.25. The normalized spacial score (nSPS) is 24.5. The number of halogens is 1. The fraction of sp³-hybridized carbons (Fsp3) is 0.625. The molecule has 1 aromatic rings. The summed E-state index contributed by atoms with van der Waals surface area (Å²) in [4.78, 5) is 4.51. The van der Waals surface area contributed by atoms with Gasteiger partial charge in [-0.3, -0.25) is 0 Å². The molecule has 1 fully saturated rings. The zero-order valence-corrected chi connectivity index (χ0v) is 13.0. The van der Waals surface area contributed by atoms with Crippen LogP contribution in [0.15, 0.2) is 12.1 Å². The Hall–Kier alpha value is -1.13. The van der Waals surface area contributed by atoms with Crippen LogP contribution in [0.1, 0.15) is 31.1 Å². The Morgan fingerprint density at radius 3 is 2.50 bits per heavy atom. The molecular formula is C16H25FN2O. The van der Waals surface area contributed by atoms with E-state index in [1.165, 1.54) is 6.07 Å². The largest absolute Gasteiger partial charge is 0.389 e. The predicted octanol–water partition coefficient (Wildman–Crippen LogP) is 2.57. The van der Waals surface area contributed by atoms with Crippen LogP contribution in [0.4, 0.5) is 10.1 Å². The van der Waals surface area contributed by atoms with Crippen LogP contribution in [0.5, 0.6) is 0 Å². The molecule has 0 radical (unpaired) electrons. The van der Waals surface area contributed by atoms with Crippen LogP contribution in [0.3, 0.4) is 0 Å². The summed E-state index contributed by atoms with van der Waals surface area (Å²) >= 11 is 0. The van der Waals surface area contributed by atoms with Crippen LogP contribution in [0.25, 0.3) is 0 Å². The number of nitrogens with zero attached hydrogens (tertiary/aromatic N) is 2. The number of hydrogen-bond donors (Lipinski definition) is 1. The van der Waals surface area contributed by atoms with Crippen molar-refractivity contribution in [1.82, 2.24) is 4.90 Å². The quantitative estimate of drug-likeness (QED) is 0.922. The number of rotatable bonds is 3. The lowest BCUT2D eigenvalue weighted by molar-refractivity contribution is 0.199. The van der Waals surface area contributed by atoms with Gasteiger partial charge in [-0.25, -0.2) is 4.39 Å². The molecule has 0 saturated carbocycles. The molecule has 3 atom stereocenters. The van der Waals surface area contributed by atoms with Crippen molar-refractivity contribution in [2.24, 2.45) is 5.92 Å². The summed E-state index contributed by atoms with van der Waals surface area (Å²) in [5.41, 5.74) is 2.28. The SMILES string of the molecule is Cc1cc(N2CC(C)C(N(C)C)C2)c([C@@H](C)O)cc1F. The van der Waals surface area contributed by atoms with Gasteiger partial charge in [0, 0.05) is 30.4 Å². The molecule has 1 saturated heterocycles. The van der Waals surface area contributed by atoms with Crippen molar-refractivity contribution in [2.75, 3.05) is 32.1 Å². The molecule has 1 heterocycles. The first kappa shape index (κ1) is 15.3. The Bertz CT molecular complexity index is 488. The molecule has 1 aromatic carbocycles. The van der Waals surface area contributed by atoms with Gasteiger partial charge < -0.3 is 14.9 Å². The van der Waals surface area contributed by atoms with Crippen molar-refractivity contribution in [1.29, 1.82) is 0 Å². The van der Waals surface area contributed by atoms with E-state index in [9.17, 15) is 9.50 Å². The average Bonchev–Trinajstić information content (AvgIpc) is 2.74. The average molecular weight is 280 g/mol. The van der Waals surface area contributed by atoms with Crippen LogP contribution >= 0.6 is 0 Å². The Morgan fingerprint density at radius 1 is 1.35 bits per heavy atom. The van der Waals surface area contributed by atoms with E-state index in [1.54, 1.807) is 13.8 Å². The van der Waals surface area contributed by atoms with Crippen molar-refractivity contribution >= 4 is 5.69 Å². The minimum absolute atomic E-state index is 0.249. The maximum atomic E-state index is 13.8. The lowest BCUT2D eigenvalue weighted by Crippen LogP contribution is -2.34. The maximum Gasteiger partial charge on any atom is 0.126 e. The molecule has 0 bridgehead atoms. The minimum Gasteiger partial charge on any atom is -0.389 e. The highest BCUT2D eigenvalue weighted by Crippen LogP contribution is 2.33. The summed E-state index contributed by atoms with van der Waals surface area (Å²) < 4.78 is 13.8. The molecule has 0 aromatic heterocycles. The molecule has 2 unspecified atom stereocenters. The molecule has 3 nitrogen and oxygen atoms in total. The molecule has 20 heavy (non-hydrogen) atoms. The standard InChI is InChI=1S/C16H25FN2O/c1-10-6-15(13(12(3)20)7-14(10)17)19-8-11(2)16(9-19)18(4)5/h6-7,11-12,16,20H,8-9H2,1-5H3/t11?,12-,16?/m1/s1. The van der Waals surface area contributed by atoms with E-state index in [4.69, 9.17) is 0 Å². The second-order valence-electron chi connectivity index (χ2n) is 6.25. The highest BCUT2D eigenvalue weighted by atomic mass is 19.1. The van der Waals surface area contributed by atoms with Crippen molar-refractivity contribution in [2.45, 2.75) is 32.9 Å². The number of hydrogen-bond acceptors (Lipinski definition) is 3.